The highest BCUT2D eigenvalue weighted by Crippen LogP contribution is 2.43. The maximum Gasteiger partial charge on any atom is 0.573 e. The standard InChI is InChI=1S/C25H21F3N2O3/c26-25(27,28)33-19-13-11-16-12-14-21(20(16)15-19)30(24(32)18-9-5-2-6-10-18)22(23(29)31)17-7-3-1-4-8-17/h1-11,13,15,21-22H,12,14H2,(H2,29,31)/t21-,22-/m1/s1. The van der Waals surface area contributed by atoms with Crippen LogP contribution in [0, 0.1) is 0 Å². The van der Waals surface area contributed by atoms with E-state index in [1.54, 1.807) is 66.7 Å². The molecule has 0 aliphatic heterocycles. The normalized spacial score (nSPS) is 16.0. The lowest BCUT2D eigenvalue weighted by Crippen LogP contribution is -2.43. The molecule has 2 atom stereocenters. The molecule has 0 spiro atoms. The molecule has 0 saturated heterocycles. The highest BCUT2D eigenvalue weighted by molar-refractivity contribution is 5.98. The maximum atomic E-state index is 13.7. The number of nitrogens with two attached hydrogens (primary N) is 1. The Labute approximate surface area is 188 Å². The lowest BCUT2D eigenvalue weighted by Gasteiger charge is -2.36. The summed E-state index contributed by atoms with van der Waals surface area (Å²) in [7, 11) is 0. The van der Waals surface area contributed by atoms with Gasteiger partial charge in [-0.1, -0.05) is 54.6 Å². The first kappa shape index (κ1) is 22.4. The number of amides is 2. The molecule has 1 aliphatic carbocycles. The minimum Gasteiger partial charge on any atom is -0.406 e. The molecule has 0 bridgehead atoms. The number of carbonyl (C=O) groups excluding carboxylic acids is 2. The van der Waals surface area contributed by atoms with Gasteiger partial charge in [0.05, 0.1) is 6.04 Å². The molecule has 0 unspecified atom stereocenters. The number of aryl methyl sites for hydroxylation is 1. The van der Waals surface area contributed by atoms with Crippen LogP contribution in [0.25, 0.3) is 0 Å². The summed E-state index contributed by atoms with van der Waals surface area (Å²) < 4.78 is 42.5. The molecule has 4 rings (SSSR count). The Kier molecular flexibility index (Phi) is 6.09. The molecule has 0 radical (unpaired) electrons. The Morgan fingerprint density at radius 2 is 1.61 bits per heavy atom. The quantitative estimate of drug-likeness (QED) is 0.573. The van der Waals surface area contributed by atoms with Gasteiger partial charge in [0.2, 0.25) is 5.91 Å². The fraction of sp³-hybridized carbons (Fsp3) is 0.200. The van der Waals surface area contributed by atoms with Crippen molar-refractivity contribution in [1.29, 1.82) is 0 Å². The van der Waals surface area contributed by atoms with Gasteiger partial charge in [-0.05, 0) is 53.8 Å². The van der Waals surface area contributed by atoms with Crippen molar-refractivity contribution >= 4 is 11.8 Å². The summed E-state index contributed by atoms with van der Waals surface area (Å²) in [5, 5.41) is 0. The number of rotatable bonds is 6. The second-order valence-corrected chi connectivity index (χ2v) is 7.76. The Morgan fingerprint density at radius 1 is 0.970 bits per heavy atom. The molecule has 0 fully saturated rings. The number of benzene rings is 3. The van der Waals surface area contributed by atoms with E-state index in [-0.39, 0.29) is 5.75 Å². The van der Waals surface area contributed by atoms with Gasteiger partial charge in [0.1, 0.15) is 11.8 Å². The fourth-order valence-corrected chi connectivity index (χ4v) is 4.31. The Bertz CT molecular complexity index is 1150. The summed E-state index contributed by atoms with van der Waals surface area (Å²) in [6, 6.07) is 19.3. The summed E-state index contributed by atoms with van der Waals surface area (Å²) in [6.45, 7) is 0. The summed E-state index contributed by atoms with van der Waals surface area (Å²) in [6.07, 6.45) is -3.88. The lowest BCUT2D eigenvalue weighted by molar-refractivity contribution is -0.274. The van der Waals surface area contributed by atoms with Gasteiger partial charge in [-0.2, -0.15) is 0 Å². The van der Waals surface area contributed by atoms with Crippen molar-refractivity contribution < 1.29 is 27.5 Å². The molecule has 170 valence electrons. The number of primary amides is 1. The smallest absolute Gasteiger partial charge is 0.406 e. The van der Waals surface area contributed by atoms with Crippen molar-refractivity contribution in [3.05, 3.63) is 101 Å². The number of alkyl halides is 3. The van der Waals surface area contributed by atoms with E-state index in [1.807, 2.05) is 0 Å². The SMILES string of the molecule is NC(=O)[C@@H](c1ccccc1)N(C(=O)c1ccccc1)[C@@H]1CCc2ccc(OC(F)(F)F)cc21. The van der Waals surface area contributed by atoms with E-state index in [4.69, 9.17) is 5.73 Å². The van der Waals surface area contributed by atoms with E-state index in [0.29, 0.717) is 29.5 Å². The third-order valence-corrected chi connectivity index (χ3v) is 5.65. The summed E-state index contributed by atoms with van der Waals surface area (Å²) in [5.74, 6) is -1.56. The van der Waals surface area contributed by atoms with Crippen LogP contribution >= 0.6 is 0 Å². The molecular weight excluding hydrogens is 433 g/mol. The zero-order valence-electron chi connectivity index (χ0n) is 17.5. The average Bonchev–Trinajstić information content (AvgIpc) is 3.19. The van der Waals surface area contributed by atoms with Crippen molar-refractivity contribution in [3.63, 3.8) is 0 Å². The molecule has 2 N–H and O–H groups in total. The molecular formula is C25H21F3N2O3. The van der Waals surface area contributed by atoms with Crippen molar-refractivity contribution in [2.75, 3.05) is 0 Å². The van der Waals surface area contributed by atoms with Crippen LogP contribution in [0.5, 0.6) is 5.75 Å². The Balaban J connectivity index is 1.82. The van der Waals surface area contributed by atoms with Gasteiger partial charge < -0.3 is 15.4 Å². The third kappa shape index (κ3) is 4.84. The first-order chi connectivity index (χ1) is 15.7. The predicted octanol–water partition coefficient (Wildman–Crippen LogP) is 4.94. The number of fused-ring (bicyclic) bond motifs is 1. The third-order valence-electron chi connectivity index (χ3n) is 5.65. The van der Waals surface area contributed by atoms with Crippen LogP contribution in [-0.4, -0.2) is 23.1 Å². The number of carbonyl (C=O) groups is 2. The monoisotopic (exact) mass is 454 g/mol. The van der Waals surface area contributed by atoms with Crippen molar-refractivity contribution in [1.82, 2.24) is 4.90 Å². The molecule has 0 heterocycles. The van der Waals surface area contributed by atoms with E-state index in [9.17, 15) is 22.8 Å². The molecule has 0 saturated carbocycles. The van der Waals surface area contributed by atoms with Gasteiger partial charge in [0.25, 0.3) is 5.91 Å². The molecule has 1 aliphatic rings. The van der Waals surface area contributed by atoms with Crippen LogP contribution in [0.4, 0.5) is 13.2 Å². The van der Waals surface area contributed by atoms with Gasteiger partial charge in [-0.3, -0.25) is 9.59 Å². The molecule has 0 aromatic heterocycles. The van der Waals surface area contributed by atoms with Crippen LogP contribution in [0.1, 0.15) is 45.6 Å². The lowest BCUT2D eigenvalue weighted by atomic mass is 9.98. The average molecular weight is 454 g/mol. The number of hydrogen-bond acceptors (Lipinski definition) is 3. The van der Waals surface area contributed by atoms with Crippen LogP contribution in [-0.2, 0) is 11.2 Å². The zero-order valence-corrected chi connectivity index (χ0v) is 17.5. The highest BCUT2D eigenvalue weighted by Gasteiger charge is 2.40. The number of ether oxygens (including phenoxy) is 1. The van der Waals surface area contributed by atoms with Crippen LogP contribution in [0.2, 0.25) is 0 Å². The van der Waals surface area contributed by atoms with Gasteiger partial charge >= 0.3 is 6.36 Å². The molecule has 2 amide bonds. The van der Waals surface area contributed by atoms with E-state index >= 15 is 0 Å². The largest absolute Gasteiger partial charge is 0.573 e. The Hall–Kier alpha value is -3.81. The van der Waals surface area contributed by atoms with E-state index in [1.165, 1.54) is 17.0 Å². The second kappa shape index (κ2) is 8.97. The topological polar surface area (TPSA) is 72.6 Å². The summed E-state index contributed by atoms with van der Waals surface area (Å²) >= 11 is 0. The van der Waals surface area contributed by atoms with Crippen molar-refractivity contribution in [2.24, 2.45) is 5.73 Å². The summed E-state index contributed by atoms with van der Waals surface area (Å²) in [4.78, 5) is 27.7. The molecule has 33 heavy (non-hydrogen) atoms. The van der Waals surface area contributed by atoms with Crippen LogP contribution in [0.3, 0.4) is 0 Å². The van der Waals surface area contributed by atoms with Crippen molar-refractivity contribution in [2.45, 2.75) is 31.3 Å². The maximum absolute atomic E-state index is 13.7. The van der Waals surface area contributed by atoms with E-state index < -0.39 is 30.3 Å². The predicted molar refractivity (Wildman–Crippen MR) is 115 cm³/mol. The van der Waals surface area contributed by atoms with E-state index in [0.717, 1.165) is 5.56 Å². The van der Waals surface area contributed by atoms with Gasteiger partial charge in [-0.25, -0.2) is 0 Å². The van der Waals surface area contributed by atoms with Crippen LogP contribution in [0.15, 0.2) is 78.9 Å². The molecule has 3 aromatic rings. The molecule has 8 heteroatoms. The highest BCUT2D eigenvalue weighted by atomic mass is 19.4. The Morgan fingerprint density at radius 3 is 2.21 bits per heavy atom. The van der Waals surface area contributed by atoms with Crippen molar-refractivity contribution in [3.8, 4) is 5.75 Å². The first-order valence-electron chi connectivity index (χ1n) is 10.3. The second-order valence-electron chi connectivity index (χ2n) is 7.76. The number of hydrogen-bond donors (Lipinski definition) is 1. The van der Waals surface area contributed by atoms with Gasteiger partial charge in [0, 0.05) is 5.56 Å². The number of halogens is 3. The zero-order chi connectivity index (χ0) is 23.6. The minimum atomic E-state index is -4.85. The molecule has 3 aromatic carbocycles. The summed E-state index contributed by atoms with van der Waals surface area (Å²) in [5.41, 5.74) is 7.93. The van der Waals surface area contributed by atoms with Gasteiger partial charge in [-0.15, -0.1) is 13.2 Å². The first-order valence-corrected chi connectivity index (χ1v) is 10.3. The number of nitrogens with zero attached hydrogens (tertiary/aromatic N) is 1. The van der Waals surface area contributed by atoms with Crippen LogP contribution < -0.4 is 10.5 Å². The minimum absolute atomic E-state index is 0.343. The van der Waals surface area contributed by atoms with Gasteiger partial charge in [0.15, 0.2) is 0 Å². The fourth-order valence-electron chi connectivity index (χ4n) is 4.31. The molecule has 5 nitrogen and oxygen atoms in total. The van der Waals surface area contributed by atoms with E-state index in [2.05, 4.69) is 4.74 Å².